The summed E-state index contributed by atoms with van der Waals surface area (Å²) >= 11 is 0. The molecule has 5 amide bonds. The standard InChI is InChI=1S/C44H68BN13O14/c1-28(43(70)58-23-29(59)22-34(58)45(71)72)51-41(68)31-10-13-48-40-30(31)6-4-7-32(40)52-35(60)9-2-3-11-49-42(69)33(8-5-12-50-44(46)47)53-36(61)24-54-14-16-55(25-37(62)63)18-20-57(27-39(66)67)21-19-56(17-15-54)26-38(64)65/h4,6-7,10,13,28-29,33-34,59,71-72H,2-3,5,8-9,11-12,14-27H2,1H3,(H,49,69)(H,51,68)(H,52,60)(H,53,61)(H,62,63)(H,64,65)(H,66,67)(H4,46,47,50)/t28-,29+,33+,34+/m1/s1. The summed E-state index contributed by atoms with van der Waals surface area (Å²) in [6.45, 7) is 2.05. The van der Waals surface area contributed by atoms with Gasteiger partial charge in [0.05, 0.1) is 55.0 Å². The van der Waals surface area contributed by atoms with E-state index in [1.54, 1.807) is 37.8 Å². The van der Waals surface area contributed by atoms with Crippen LogP contribution in [-0.2, 0) is 33.6 Å². The molecule has 72 heavy (non-hydrogen) atoms. The number of amides is 5. The van der Waals surface area contributed by atoms with Gasteiger partial charge in [0.1, 0.15) is 12.1 Å². The number of carboxylic acids is 3. The number of fused-ring (bicyclic) bond motifs is 1. The van der Waals surface area contributed by atoms with Crippen molar-refractivity contribution in [2.45, 2.75) is 69.6 Å². The van der Waals surface area contributed by atoms with E-state index in [9.17, 15) is 68.8 Å². The minimum absolute atomic E-state index is 0.0257. The number of carbonyl (C=O) groups excluding carboxylic acids is 5. The molecule has 396 valence electrons. The van der Waals surface area contributed by atoms with Crippen LogP contribution >= 0.6 is 0 Å². The molecule has 1 aromatic heterocycles. The largest absolute Gasteiger partial charge is 0.480 e. The Morgan fingerprint density at radius 1 is 0.778 bits per heavy atom. The van der Waals surface area contributed by atoms with Crippen LogP contribution in [0, 0.1) is 0 Å². The maximum absolute atomic E-state index is 13.6. The highest BCUT2D eigenvalue weighted by molar-refractivity contribution is 6.43. The number of aliphatic imine (C=N–C) groups is 1. The van der Waals surface area contributed by atoms with Crippen LogP contribution in [0.3, 0.4) is 0 Å². The molecule has 1 aromatic carbocycles. The average Bonchev–Trinajstić information content (AvgIpc) is 3.71. The highest BCUT2D eigenvalue weighted by Crippen LogP contribution is 2.25. The summed E-state index contributed by atoms with van der Waals surface area (Å²) in [6, 6.07) is 4.21. The molecule has 0 unspecified atom stereocenters. The number of pyridine rings is 1. The Bertz CT molecular complexity index is 2210. The van der Waals surface area contributed by atoms with Crippen molar-refractivity contribution in [1.29, 1.82) is 0 Å². The molecule has 3 heterocycles. The van der Waals surface area contributed by atoms with Gasteiger partial charge in [-0.1, -0.05) is 12.1 Å². The van der Waals surface area contributed by atoms with E-state index in [2.05, 4.69) is 31.2 Å². The van der Waals surface area contributed by atoms with Crippen LogP contribution in [0.25, 0.3) is 10.9 Å². The van der Waals surface area contributed by atoms with Crippen LogP contribution in [0.1, 0.15) is 55.8 Å². The zero-order valence-corrected chi connectivity index (χ0v) is 40.4. The molecule has 2 aliphatic heterocycles. The molecule has 2 aliphatic rings. The van der Waals surface area contributed by atoms with Gasteiger partial charge >= 0.3 is 25.0 Å². The number of hydrogen-bond donors (Lipinski definition) is 12. The van der Waals surface area contributed by atoms with E-state index in [4.69, 9.17) is 11.5 Å². The van der Waals surface area contributed by atoms with Crippen LogP contribution in [0.2, 0.25) is 0 Å². The van der Waals surface area contributed by atoms with Gasteiger partial charge in [-0.25, -0.2) is 0 Å². The lowest BCUT2D eigenvalue weighted by Crippen LogP contribution is -2.52. The summed E-state index contributed by atoms with van der Waals surface area (Å²) in [5.74, 6) is -7.06. The van der Waals surface area contributed by atoms with Crippen LogP contribution in [0.5, 0.6) is 0 Å². The zero-order valence-electron chi connectivity index (χ0n) is 40.4. The second-order valence-electron chi connectivity index (χ2n) is 17.8. The summed E-state index contributed by atoms with van der Waals surface area (Å²) in [4.78, 5) is 118. The summed E-state index contributed by atoms with van der Waals surface area (Å²) in [5.41, 5.74) is 11.7. The lowest BCUT2D eigenvalue weighted by molar-refractivity contribution is -0.140. The summed E-state index contributed by atoms with van der Waals surface area (Å²) < 4.78 is 0. The van der Waals surface area contributed by atoms with Crippen molar-refractivity contribution < 1.29 is 68.8 Å². The van der Waals surface area contributed by atoms with Crippen molar-refractivity contribution >= 4 is 77.1 Å². The minimum Gasteiger partial charge on any atom is -0.480 e. The Kier molecular flexibility index (Phi) is 23.4. The van der Waals surface area contributed by atoms with Gasteiger partial charge in [0.15, 0.2) is 5.96 Å². The molecule has 27 nitrogen and oxygen atoms in total. The van der Waals surface area contributed by atoms with E-state index in [0.29, 0.717) is 35.9 Å². The first kappa shape index (κ1) is 58.0. The summed E-state index contributed by atoms with van der Waals surface area (Å²) in [6.07, 6.45) is 1.65. The average molecular weight is 1010 g/mol. The molecular formula is C44H68BN13O14. The number of carbonyl (C=O) groups is 8. The number of aliphatic hydroxyl groups is 1. The maximum atomic E-state index is 13.6. The molecule has 14 N–H and O–H groups in total. The normalized spacial score (nSPS) is 18.4. The number of para-hydroxylation sites is 1. The van der Waals surface area contributed by atoms with Gasteiger partial charge in [-0.2, -0.15) is 0 Å². The Morgan fingerprint density at radius 3 is 1.89 bits per heavy atom. The zero-order chi connectivity index (χ0) is 52.9. The van der Waals surface area contributed by atoms with Crippen LogP contribution in [-0.4, -0.2) is 243 Å². The summed E-state index contributed by atoms with van der Waals surface area (Å²) in [5, 5.41) is 69.3. The number of aromatic nitrogens is 1. The maximum Gasteiger partial charge on any atom is 0.475 e. The van der Waals surface area contributed by atoms with Crippen molar-refractivity contribution in [3.8, 4) is 0 Å². The number of aliphatic carboxylic acids is 3. The molecular weight excluding hydrogens is 945 g/mol. The number of β-amino-alcohol motifs (C(OH)–C–C–N with tert-alkyl or cyclic N) is 1. The van der Waals surface area contributed by atoms with Crippen LogP contribution in [0.4, 0.5) is 5.69 Å². The fourth-order valence-corrected chi connectivity index (χ4v) is 8.40. The topological polar surface area (TPSA) is 400 Å². The fourth-order valence-electron chi connectivity index (χ4n) is 8.40. The molecule has 2 fully saturated rings. The van der Waals surface area contributed by atoms with Crippen molar-refractivity contribution in [3.63, 3.8) is 0 Å². The molecule has 4 atom stereocenters. The van der Waals surface area contributed by atoms with Gasteiger partial charge in [0.2, 0.25) is 23.6 Å². The number of aliphatic hydroxyl groups excluding tert-OH is 1. The number of benzene rings is 1. The number of anilines is 1. The number of rotatable bonds is 24. The molecule has 0 spiro atoms. The Labute approximate surface area is 416 Å². The Hall–Kier alpha value is -6.56. The van der Waals surface area contributed by atoms with E-state index >= 15 is 0 Å². The minimum atomic E-state index is -1.87. The van der Waals surface area contributed by atoms with E-state index in [-0.39, 0.29) is 135 Å². The molecule has 0 radical (unpaired) electrons. The third-order valence-electron chi connectivity index (χ3n) is 12.1. The SMILES string of the molecule is C[C@@H](NC(=O)c1ccnc2c(NC(=O)CCCCNC(=O)[C@H](CCCN=C(N)N)NC(=O)CN3CCN(CC(=O)O)CCN(CC(=O)O)CCN(CC(=O)O)CC3)cccc12)C(=O)N1C[C@@H](O)C[C@H]1B(O)O. The Balaban J connectivity index is 1.33. The van der Waals surface area contributed by atoms with Crippen molar-refractivity contribution in [2.24, 2.45) is 16.5 Å². The van der Waals surface area contributed by atoms with E-state index in [1.165, 1.54) is 19.2 Å². The molecule has 0 bridgehead atoms. The van der Waals surface area contributed by atoms with Gasteiger partial charge in [-0.05, 0) is 51.2 Å². The first-order valence-corrected chi connectivity index (χ1v) is 23.7. The highest BCUT2D eigenvalue weighted by atomic mass is 16.4. The molecule has 2 aromatic rings. The molecule has 4 rings (SSSR count). The van der Waals surface area contributed by atoms with Gasteiger partial charge < -0.3 is 68.1 Å². The third kappa shape index (κ3) is 19.6. The molecule has 0 saturated carbocycles. The van der Waals surface area contributed by atoms with Gasteiger partial charge in [0, 0.05) is 90.0 Å². The van der Waals surface area contributed by atoms with Gasteiger partial charge in [-0.15, -0.1) is 0 Å². The second-order valence-corrected chi connectivity index (χ2v) is 17.8. The fraction of sp³-hybridized carbons (Fsp3) is 0.591. The molecule has 28 heteroatoms. The van der Waals surface area contributed by atoms with Crippen LogP contribution < -0.4 is 32.7 Å². The summed E-state index contributed by atoms with van der Waals surface area (Å²) in [7, 11) is -1.87. The van der Waals surface area contributed by atoms with Crippen molar-refractivity contribution in [2.75, 3.05) is 103 Å². The predicted octanol–water partition coefficient (Wildman–Crippen LogP) is -4.43. The third-order valence-corrected chi connectivity index (χ3v) is 12.1. The van der Waals surface area contributed by atoms with Crippen molar-refractivity contribution in [1.82, 2.24) is 45.4 Å². The van der Waals surface area contributed by atoms with E-state index < -0.39 is 72.8 Å². The van der Waals surface area contributed by atoms with Gasteiger partial charge in [-0.3, -0.25) is 67.9 Å². The number of carboxylic acid groups (broad SMARTS) is 3. The highest BCUT2D eigenvalue weighted by Gasteiger charge is 2.42. The smallest absolute Gasteiger partial charge is 0.475 e. The predicted molar refractivity (Wildman–Crippen MR) is 261 cm³/mol. The number of hydrogen-bond acceptors (Lipinski definition) is 17. The quantitative estimate of drug-likeness (QED) is 0.0204. The number of nitrogens with one attached hydrogen (secondary N) is 4. The lowest BCUT2D eigenvalue weighted by Gasteiger charge is -2.33. The van der Waals surface area contributed by atoms with E-state index in [1.807, 2.05) is 0 Å². The van der Waals surface area contributed by atoms with Crippen molar-refractivity contribution in [3.05, 3.63) is 36.0 Å². The van der Waals surface area contributed by atoms with Crippen LogP contribution in [0.15, 0.2) is 35.5 Å². The number of likely N-dealkylation sites (tertiary alicyclic amines) is 1. The number of unbranched alkanes of at least 4 members (excludes halogenated alkanes) is 1. The lowest BCUT2D eigenvalue weighted by atomic mass is 9.77. The monoisotopic (exact) mass is 1010 g/mol. The van der Waals surface area contributed by atoms with Gasteiger partial charge in [0.25, 0.3) is 5.91 Å². The van der Waals surface area contributed by atoms with E-state index in [0.717, 1.165) is 4.90 Å². The first-order chi connectivity index (χ1) is 34.2. The first-order valence-electron chi connectivity index (χ1n) is 23.7. The number of nitrogens with zero attached hydrogens (tertiary/aromatic N) is 7. The number of guanidine groups is 1. The molecule has 0 aliphatic carbocycles. The number of nitrogens with two attached hydrogens (primary N) is 2. The second kappa shape index (κ2) is 29.1. The molecule has 2 saturated heterocycles. The Morgan fingerprint density at radius 2 is 1.35 bits per heavy atom.